The highest BCUT2D eigenvalue weighted by atomic mass is 79.9. The molecule has 1 rings (SSSR count). The Morgan fingerprint density at radius 1 is 1.43 bits per heavy atom. The van der Waals surface area contributed by atoms with Gasteiger partial charge in [0.15, 0.2) is 5.96 Å². The van der Waals surface area contributed by atoms with Crippen molar-refractivity contribution in [3.63, 3.8) is 0 Å². The summed E-state index contributed by atoms with van der Waals surface area (Å²) in [7, 11) is 1.61. The van der Waals surface area contributed by atoms with Crippen LogP contribution in [0, 0.1) is 6.92 Å². The second kappa shape index (κ2) is 4.32. The molecule has 0 spiro atoms. The van der Waals surface area contributed by atoms with Crippen molar-refractivity contribution in [3.8, 4) is 5.75 Å². The number of benzene rings is 1. The van der Waals surface area contributed by atoms with E-state index in [1.807, 2.05) is 19.1 Å². The minimum absolute atomic E-state index is 0.0465. The van der Waals surface area contributed by atoms with Gasteiger partial charge in [0.1, 0.15) is 5.75 Å². The van der Waals surface area contributed by atoms with Gasteiger partial charge in [-0.1, -0.05) is 0 Å². The molecule has 0 aliphatic rings. The van der Waals surface area contributed by atoms with Gasteiger partial charge in [-0.25, -0.2) is 4.99 Å². The zero-order chi connectivity index (χ0) is 10.7. The third-order valence-corrected chi connectivity index (χ3v) is 2.34. The molecule has 0 amide bonds. The summed E-state index contributed by atoms with van der Waals surface area (Å²) in [5, 5.41) is 0. The van der Waals surface area contributed by atoms with Gasteiger partial charge in [-0.3, -0.25) is 0 Å². The summed E-state index contributed by atoms with van der Waals surface area (Å²) in [6.07, 6.45) is 0. The van der Waals surface area contributed by atoms with E-state index in [0.717, 1.165) is 21.5 Å². The molecule has 4 nitrogen and oxygen atoms in total. The first-order valence-corrected chi connectivity index (χ1v) is 4.77. The highest BCUT2D eigenvalue weighted by Crippen LogP contribution is 2.32. The molecule has 0 aromatic heterocycles. The van der Waals surface area contributed by atoms with Gasteiger partial charge in [0.2, 0.25) is 0 Å². The average Bonchev–Trinajstić information content (AvgIpc) is 2.10. The van der Waals surface area contributed by atoms with E-state index in [9.17, 15) is 0 Å². The lowest BCUT2D eigenvalue weighted by molar-refractivity contribution is 0.412. The molecule has 4 N–H and O–H groups in total. The molecule has 0 heterocycles. The SMILES string of the molecule is COc1cc(C)c(N=C(N)N)cc1Br. The van der Waals surface area contributed by atoms with Crippen LogP contribution in [0.5, 0.6) is 5.75 Å². The fourth-order valence-corrected chi connectivity index (χ4v) is 1.55. The van der Waals surface area contributed by atoms with Crippen LogP contribution in [0.1, 0.15) is 5.56 Å². The van der Waals surface area contributed by atoms with Crippen molar-refractivity contribution < 1.29 is 4.74 Å². The third-order valence-electron chi connectivity index (χ3n) is 1.72. The van der Waals surface area contributed by atoms with Gasteiger partial charge in [0.25, 0.3) is 0 Å². The molecule has 76 valence electrons. The van der Waals surface area contributed by atoms with Gasteiger partial charge in [-0.15, -0.1) is 0 Å². The molecule has 0 unspecified atom stereocenters. The lowest BCUT2D eigenvalue weighted by Crippen LogP contribution is -2.22. The van der Waals surface area contributed by atoms with Gasteiger partial charge >= 0.3 is 0 Å². The quantitative estimate of drug-likeness (QED) is 0.626. The van der Waals surface area contributed by atoms with E-state index in [-0.39, 0.29) is 5.96 Å². The third kappa shape index (κ3) is 2.38. The zero-order valence-corrected chi connectivity index (χ0v) is 9.63. The fraction of sp³-hybridized carbons (Fsp3) is 0.222. The highest BCUT2D eigenvalue weighted by molar-refractivity contribution is 9.10. The van der Waals surface area contributed by atoms with Crippen LogP contribution in [0.25, 0.3) is 0 Å². The van der Waals surface area contributed by atoms with Gasteiger partial charge in [-0.05, 0) is 40.5 Å². The number of methoxy groups -OCH3 is 1. The number of hydrogen-bond donors (Lipinski definition) is 2. The van der Waals surface area contributed by atoms with Crippen molar-refractivity contribution in [1.82, 2.24) is 0 Å². The largest absolute Gasteiger partial charge is 0.496 e. The van der Waals surface area contributed by atoms with E-state index < -0.39 is 0 Å². The van der Waals surface area contributed by atoms with Crippen molar-refractivity contribution in [2.75, 3.05) is 7.11 Å². The van der Waals surface area contributed by atoms with E-state index in [1.165, 1.54) is 0 Å². The van der Waals surface area contributed by atoms with Crippen LogP contribution in [0.4, 0.5) is 5.69 Å². The summed E-state index contributed by atoms with van der Waals surface area (Å²) in [4.78, 5) is 3.98. The van der Waals surface area contributed by atoms with Crippen LogP contribution in [0.2, 0.25) is 0 Å². The molecule has 0 saturated carbocycles. The van der Waals surface area contributed by atoms with Crippen molar-refractivity contribution in [1.29, 1.82) is 0 Å². The molecule has 0 atom stereocenters. The molecule has 0 bridgehead atoms. The molecule has 5 heteroatoms. The van der Waals surface area contributed by atoms with E-state index in [2.05, 4.69) is 20.9 Å². The van der Waals surface area contributed by atoms with E-state index in [4.69, 9.17) is 16.2 Å². The Balaban J connectivity index is 3.22. The molecule has 14 heavy (non-hydrogen) atoms. The first kappa shape index (κ1) is 10.8. The molecule has 0 aliphatic carbocycles. The summed E-state index contributed by atoms with van der Waals surface area (Å²) < 4.78 is 5.95. The number of nitrogens with two attached hydrogens (primary N) is 2. The van der Waals surface area contributed by atoms with Crippen molar-refractivity contribution in [2.24, 2.45) is 16.5 Å². The average molecular weight is 258 g/mol. The number of guanidine groups is 1. The second-order valence-electron chi connectivity index (χ2n) is 2.81. The molecular weight excluding hydrogens is 246 g/mol. The topological polar surface area (TPSA) is 73.6 Å². The van der Waals surface area contributed by atoms with Gasteiger partial charge < -0.3 is 16.2 Å². The smallest absolute Gasteiger partial charge is 0.191 e. The Kier molecular flexibility index (Phi) is 3.35. The van der Waals surface area contributed by atoms with Crippen LogP contribution >= 0.6 is 15.9 Å². The molecule has 0 aliphatic heterocycles. The van der Waals surface area contributed by atoms with Crippen LogP contribution in [0.15, 0.2) is 21.6 Å². The van der Waals surface area contributed by atoms with Crippen molar-refractivity contribution in [2.45, 2.75) is 6.92 Å². The number of halogens is 1. The number of nitrogens with zero attached hydrogens (tertiary/aromatic N) is 1. The number of rotatable bonds is 2. The molecule has 0 radical (unpaired) electrons. The Bertz CT molecular complexity index is 373. The minimum Gasteiger partial charge on any atom is -0.496 e. The lowest BCUT2D eigenvalue weighted by Gasteiger charge is -2.07. The fourth-order valence-electron chi connectivity index (χ4n) is 1.06. The van der Waals surface area contributed by atoms with Crippen molar-refractivity contribution >= 4 is 27.6 Å². The monoisotopic (exact) mass is 257 g/mol. The van der Waals surface area contributed by atoms with Crippen LogP contribution < -0.4 is 16.2 Å². The van der Waals surface area contributed by atoms with Gasteiger partial charge in [0.05, 0.1) is 17.3 Å². The lowest BCUT2D eigenvalue weighted by atomic mass is 10.2. The molecule has 0 fully saturated rings. The minimum atomic E-state index is 0.0465. The standard InChI is InChI=1S/C9H12BrN3O/c1-5-3-8(14-2)6(10)4-7(5)13-9(11)12/h3-4H,1-2H3,(H4,11,12,13). The summed E-state index contributed by atoms with van der Waals surface area (Å²) in [6, 6.07) is 3.68. The second-order valence-corrected chi connectivity index (χ2v) is 3.66. The van der Waals surface area contributed by atoms with Gasteiger partial charge in [-0.2, -0.15) is 0 Å². The zero-order valence-electron chi connectivity index (χ0n) is 8.04. The Labute approximate surface area is 91.1 Å². The number of ether oxygens (including phenoxy) is 1. The molecule has 0 saturated heterocycles. The first-order chi connectivity index (χ1) is 6.54. The Morgan fingerprint density at radius 3 is 2.57 bits per heavy atom. The number of aliphatic imine (C=N–C) groups is 1. The predicted molar refractivity (Wildman–Crippen MR) is 60.9 cm³/mol. The first-order valence-electron chi connectivity index (χ1n) is 3.98. The van der Waals surface area contributed by atoms with E-state index in [0.29, 0.717) is 0 Å². The number of hydrogen-bond acceptors (Lipinski definition) is 2. The van der Waals surface area contributed by atoms with E-state index >= 15 is 0 Å². The molecule has 1 aromatic carbocycles. The maximum absolute atomic E-state index is 5.30. The normalized spacial score (nSPS) is 9.64. The Morgan fingerprint density at radius 2 is 2.07 bits per heavy atom. The van der Waals surface area contributed by atoms with Crippen LogP contribution in [-0.2, 0) is 0 Å². The predicted octanol–water partition coefficient (Wildman–Crippen LogP) is 1.67. The summed E-state index contributed by atoms with van der Waals surface area (Å²) >= 11 is 3.36. The summed E-state index contributed by atoms with van der Waals surface area (Å²) in [5.74, 6) is 0.808. The Hall–Kier alpha value is -1.23. The summed E-state index contributed by atoms with van der Waals surface area (Å²) in [5.41, 5.74) is 12.3. The highest BCUT2D eigenvalue weighted by Gasteiger charge is 2.04. The van der Waals surface area contributed by atoms with Crippen LogP contribution in [-0.4, -0.2) is 13.1 Å². The maximum atomic E-state index is 5.30. The van der Waals surface area contributed by atoms with Gasteiger partial charge in [0, 0.05) is 0 Å². The van der Waals surface area contributed by atoms with Crippen LogP contribution in [0.3, 0.4) is 0 Å². The van der Waals surface area contributed by atoms with E-state index in [1.54, 1.807) is 7.11 Å². The number of aryl methyl sites for hydroxylation is 1. The maximum Gasteiger partial charge on any atom is 0.191 e. The summed E-state index contributed by atoms with van der Waals surface area (Å²) in [6.45, 7) is 1.91. The van der Waals surface area contributed by atoms with Crippen molar-refractivity contribution in [3.05, 3.63) is 22.2 Å². The molecular formula is C9H12BrN3O. The molecule has 1 aromatic rings.